The fraction of sp³-hybridized carbons (Fsp3) is 0.167. The van der Waals surface area contributed by atoms with Crippen LogP contribution in [0.4, 0.5) is 5.82 Å². The van der Waals surface area contributed by atoms with Crippen molar-refractivity contribution in [2.75, 3.05) is 5.73 Å². The van der Waals surface area contributed by atoms with Crippen LogP contribution in [0.1, 0.15) is 5.56 Å². The van der Waals surface area contributed by atoms with Crippen molar-refractivity contribution in [3.63, 3.8) is 0 Å². The van der Waals surface area contributed by atoms with Crippen LogP contribution in [0.3, 0.4) is 0 Å². The van der Waals surface area contributed by atoms with E-state index in [0.717, 1.165) is 5.56 Å². The summed E-state index contributed by atoms with van der Waals surface area (Å²) < 4.78 is 0. The van der Waals surface area contributed by atoms with Crippen molar-refractivity contribution < 1.29 is 0 Å². The summed E-state index contributed by atoms with van der Waals surface area (Å²) in [5.74, 6) is 0.528. The van der Waals surface area contributed by atoms with Gasteiger partial charge in [0.25, 0.3) is 0 Å². The third kappa shape index (κ3) is 1.86. The number of hydrogen-bond acceptors (Lipinski definition) is 3. The Hall–Kier alpha value is -0.800. The molecule has 1 aromatic heterocycles. The molecule has 1 rings (SSSR count). The van der Waals surface area contributed by atoms with E-state index in [1.807, 2.05) is 12.1 Å². The van der Waals surface area contributed by atoms with Crippen molar-refractivity contribution in [2.45, 2.75) is 6.54 Å². The van der Waals surface area contributed by atoms with E-state index in [9.17, 15) is 0 Å². The molecule has 0 aromatic carbocycles. The lowest BCUT2D eigenvalue weighted by atomic mass is 10.3. The molecule has 0 bridgehead atoms. The van der Waals surface area contributed by atoms with E-state index < -0.39 is 0 Å². The molecule has 4 heteroatoms. The fourth-order valence-electron chi connectivity index (χ4n) is 0.623. The molecule has 0 saturated carbocycles. The van der Waals surface area contributed by atoms with Crippen LogP contribution in [0, 0.1) is 0 Å². The zero-order chi connectivity index (χ0) is 6.69. The molecule has 4 N–H and O–H groups in total. The molecule has 1 aromatic rings. The van der Waals surface area contributed by atoms with Gasteiger partial charge in [-0.2, -0.15) is 0 Å². The zero-order valence-electron chi connectivity index (χ0n) is 5.45. The van der Waals surface area contributed by atoms with E-state index in [1.165, 1.54) is 0 Å². The van der Waals surface area contributed by atoms with Gasteiger partial charge in [0.15, 0.2) is 0 Å². The van der Waals surface area contributed by atoms with Gasteiger partial charge in [0.2, 0.25) is 0 Å². The fourth-order valence-corrected chi connectivity index (χ4v) is 0.623. The Morgan fingerprint density at radius 2 is 2.20 bits per heavy atom. The predicted octanol–water partition coefficient (Wildman–Crippen LogP) is 0.544. The number of rotatable bonds is 1. The van der Waals surface area contributed by atoms with E-state index in [1.54, 1.807) is 6.20 Å². The first-order chi connectivity index (χ1) is 4.34. The van der Waals surface area contributed by atoms with Gasteiger partial charge in [0.05, 0.1) is 0 Å². The lowest BCUT2D eigenvalue weighted by Crippen LogP contribution is -2.02. The highest BCUT2D eigenvalue weighted by Gasteiger charge is 1.92. The first-order valence-electron chi connectivity index (χ1n) is 2.74. The second-order valence-electron chi connectivity index (χ2n) is 1.75. The monoisotopic (exact) mass is 159 g/mol. The molecule has 1 heterocycles. The number of halogens is 1. The van der Waals surface area contributed by atoms with Crippen LogP contribution >= 0.6 is 12.4 Å². The number of anilines is 1. The molecule has 3 nitrogen and oxygen atoms in total. The lowest BCUT2D eigenvalue weighted by Gasteiger charge is -1.97. The molecular formula is C6H10ClN3. The number of pyridine rings is 1. The summed E-state index contributed by atoms with van der Waals surface area (Å²) in [5, 5.41) is 0. The highest BCUT2D eigenvalue weighted by atomic mass is 35.5. The van der Waals surface area contributed by atoms with Gasteiger partial charge in [0.1, 0.15) is 5.82 Å². The zero-order valence-corrected chi connectivity index (χ0v) is 6.27. The average Bonchev–Trinajstić information content (AvgIpc) is 1.89. The molecule has 0 radical (unpaired) electrons. The van der Waals surface area contributed by atoms with Crippen molar-refractivity contribution >= 4 is 18.2 Å². The molecule has 56 valence electrons. The van der Waals surface area contributed by atoms with E-state index in [4.69, 9.17) is 11.5 Å². The Balaban J connectivity index is 0.000000810. The topological polar surface area (TPSA) is 64.9 Å². The highest BCUT2D eigenvalue weighted by Crippen LogP contribution is 2.03. The highest BCUT2D eigenvalue weighted by molar-refractivity contribution is 5.85. The number of nitrogens with zero attached hydrogens (tertiary/aromatic N) is 1. The van der Waals surface area contributed by atoms with E-state index >= 15 is 0 Å². The summed E-state index contributed by atoms with van der Waals surface area (Å²) in [6.07, 6.45) is 1.65. The van der Waals surface area contributed by atoms with Gasteiger partial charge in [-0.15, -0.1) is 12.4 Å². The SMILES string of the molecule is Cl.NCc1cccnc1N. The molecule has 0 aliphatic heterocycles. The third-order valence-electron chi connectivity index (χ3n) is 1.15. The summed E-state index contributed by atoms with van der Waals surface area (Å²) in [6.45, 7) is 0.458. The van der Waals surface area contributed by atoms with Crippen LogP contribution in [0.25, 0.3) is 0 Å². The largest absolute Gasteiger partial charge is 0.383 e. The Labute approximate surface area is 65.8 Å². The van der Waals surface area contributed by atoms with Crippen LogP contribution < -0.4 is 11.5 Å². The van der Waals surface area contributed by atoms with Crippen LogP contribution in [-0.4, -0.2) is 4.98 Å². The van der Waals surface area contributed by atoms with Gasteiger partial charge in [-0.05, 0) is 6.07 Å². The van der Waals surface area contributed by atoms with Crippen molar-refractivity contribution in [3.05, 3.63) is 23.9 Å². The average molecular weight is 160 g/mol. The van der Waals surface area contributed by atoms with Gasteiger partial charge >= 0.3 is 0 Å². The van der Waals surface area contributed by atoms with E-state index in [0.29, 0.717) is 12.4 Å². The summed E-state index contributed by atoms with van der Waals surface area (Å²) >= 11 is 0. The van der Waals surface area contributed by atoms with Crippen LogP contribution in [0.2, 0.25) is 0 Å². The first-order valence-corrected chi connectivity index (χ1v) is 2.74. The molecule has 0 unspecified atom stereocenters. The van der Waals surface area contributed by atoms with Crippen molar-refractivity contribution in [1.82, 2.24) is 4.98 Å². The Morgan fingerprint density at radius 1 is 1.50 bits per heavy atom. The standard InChI is InChI=1S/C6H9N3.ClH/c7-4-5-2-1-3-9-6(5)8;/h1-3H,4,7H2,(H2,8,9);1H. The van der Waals surface area contributed by atoms with Crippen LogP contribution in [-0.2, 0) is 6.54 Å². The number of aromatic nitrogens is 1. The van der Waals surface area contributed by atoms with Crippen molar-refractivity contribution in [2.24, 2.45) is 5.73 Å². The molecular weight excluding hydrogens is 150 g/mol. The van der Waals surface area contributed by atoms with Crippen molar-refractivity contribution in [1.29, 1.82) is 0 Å². The minimum atomic E-state index is 0. The number of nitrogens with two attached hydrogens (primary N) is 2. The van der Waals surface area contributed by atoms with Crippen molar-refractivity contribution in [3.8, 4) is 0 Å². The maximum Gasteiger partial charge on any atom is 0.127 e. The quantitative estimate of drug-likeness (QED) is 0.629. The van der Waals surface area contributed by atoms with Gasteiger partial charge in [-0.1, -0.05) is 6.07 Å². The number of nitrogen functional groups attached to an aromatic ring is 1. The minimum Gasteiger partial charge on any atom is -0.383 e. The van der Waals surface area contributed by atoms with E-state index in [-0.39, 0.29) is 12.4 Å². The Morgan fingerprint density at radius 3 is 2.60 bits per heavy atom. The normalized spacial score (nSPS) is 8.50. The second kappa shape index (κ2) is 4.09. The second-order valence-corrected chi connectivity index (χ2v) is 1.75. The summed E-state index contributed by atoms with van der Waals surface area (Å²) in [6, 6.07) is 3.68. The molecule has 0 amide bonds. The molecule has 0 saturated heterocycles. The van der Waals surface area contributed by atoms with Gasteiger partial charge in [-0.25, -0.2) is 4.98 Å². The maximum absolute atomic E-state index is 5.44. The smallest absolute Gasteiger partial charge is 0.127 e. The molecule has 10 heavy (non-hydrogen) atoms. The molecule has 0 fully saturated rings. The van der Waals surface area contributed by atoms with Gasteiger partial charge < -0.3 is 11.5 Å². The predicted molar refractivity (Wildman–Crippen MR) is 43.8 cm³/mol. The number of hydrogen-bond donors (Lipinski definition) is 2. The van der Waals surface area contributed by atoms with Gasteiger partial charge in [0, 0.05) is 18.3 Å². The van der Waals surface area contributed by atoms with Gasteiger partial charge in [-0.3, -0.25) is 0 Å². The minimum absolute atomic E-state index is 0. The molecule has 0 spiro atoms. The summed E-state index contributed by atoms with van der Waals surface area (Å²) in [4.78, 5) is 3.85. The molecule has 0 atom stereocenters. The molecule has 0 aliphatic carbocycles. The third-order valence-corrected chi connectivity index (χ3v) is 1.15. The summed E-state index contributed by atoms with van der Waals surface area (Å²) in [7, 11) is 0. The van der Waals surface area contributed by atoms with Crippen LogP contribution in [0.5, 0.6) is 0 Å². The Bertz CT molecular complexity index is 202. The maximum atomic E-state index is 5.44. The molecule has 0 aliphatic rings. The summed E-state index contributed by atoms with van der Waals surface area (Å²) in [5.41, 5.74) is 11.7. The first kappa shape index (κ1) is 9.20. The lowest BCUT2D eigenvalue weighted by molar-refractivity contribution is 1.05. The van der Waals surface area contributed by atoms with E-state index in [2.05, 4.69) is 4.98 Å². The van der Waals surface area contributed by atoms with Crippen LogP contribution in [0.15, 0.2) is 18.3 Å². The Kier molecular flexibility index (Phi) is 3.76.